The van der Waals surface area contributed by atoms with E-state index in [2.05, 4.69) is 21.5 Å². The van der Waals surface area contributed by atoms with Crippen LogP contribution in [-0.2, 0) is 25.9 Å². The van der Waals surface area contributed by atoms with Crippen LogP contribution in [0, 0.1) is 0 Å². The Morgan fingerprint density at radius 1 is 0.652 bits per heavy atom. The maximum Gasteiger partial charge on any atom is 0.316 e. The number of pyridine rings is 1. The Labute approximate surface area is 286 Å². The normalized spacial score (nSPS) is 12.1. The van der Waals surface area contributed by atoms with Gasteiger partial charge < -0.3 is 26.6 Å². The number of aryl methyl sites for hydroxylation is 1. The second kappa shape index (κ2) is 29.3. The van der Waals surface area contributed by atoms with Crippen molar-refractivity contribution in [2.24, 2.45) is 0 Å². The van der Waals surface area contributed by atoms with Crippen LogP contribution < -0.4 is 21.7 Å². The molecule has 0 N–H and O–H groups in total. The van der Waals surface area contributed by atoms with Crippen molar-refractivity contribution in [3.8, 4) is 6.01 Å². The monoisotopic (exact) mass is 683 g/mol. The Bertz CT molecular complexity index is 1030. The quantitative estimate of drug-likeness (QED) is 0.0841. The number of nitrogens with zero attached hydrogens (tertiary/aromatic N) is 3. The summed E-state index contributed by atoms with van der Waals surface area (Å²) >= 11 is 0. The van der Waals surface area contributed by atoms with E-state index >= 15 is 0 Å². The molecule has 2 aromatic heterocycles. The van der Waals surface area contributed by atoms with Crippen LogP contribution in [0.25, 0.3) is 0 Å². The van der Waals surface area contributed by atoms with Crippen molar-refractivity contribution in [2.45, 2.75) is 135 Å². The third-order valence-corrected chi connectivity index (χ3v) is 9.72. The summed E-state index contributed by atoms with van der Waals surface area (Å²) in [5.74, 6) is -0.0794. The minimum atomic E-state index is -3.36. The molecule has 1 atom stereocenters. The highest BCUT2D eigenvalue weighted by Gasteiger charge is 2.22. The molecule has 0 amide bonds. The number of unbranched alkanes of at least 4 members (excludes halogenated alkanes) is 15. The van der Waals surface area contributed by atoms with Gasteiger partial charge >= 0.3 is 6.01 Å². The number of hydrogen-bond acceptors (Lipinski definition) is 7. The van der Waals surface area contributed by atoms with Crippen molar-refractivity contribution in [1.82, 2.24) is 9.97 Å². The summed E-state index contributed by atoms with van der Waals surface area (Å²) in [6.45, 7) is 4.97. The molecule has 0 fully saturated rings. The summed E-state index contributed by atoms with van der Waals surface area (Å²) in [5, 5.41) is 0. The molecular weight excluding hydrogens is 622 g/mol. The first-order valence-electron chi connectivity index (χ1n) is 17.8. The molecule has 264 valence electrons. The maximum absolute atomic E-state index is 12.9. The number of ether oxygens (including phenoxy) is 3. The zero-order valence-corrected chi connectivity index (χ0v) is 30.1. The Kier molecular flexibility index (Phi) is 26.9. The lowest BCUT2D eigenvalue weighted by atomic mass is 10.0. The highest BCUT2D eigenvalue weighted by atomic mass is 35.5. The molecule has 2 aromatic rings. The first-order valence-corrected chi connectivity index (χ1v) is 19.6. The Morgan fingerprint density at radius 3 is 1.76 bits per heavy atom. The smallest absolute Gasteiger partial charge is 0.316 e. The molecule has 0 saturated carbocycles. The van der Waals surface area contributed by atoms with Crippen LogP contribution in [0.4, 0.5) is 0 Å². The van der Waals surface area contributed by atoms with Gasteiger partial charge in [0.05, 0.1) is 24.7 Å². The van der Waals surface area contributed by atoms with Crippen molar-refractivity contribution in [2.75, 3.05) is 37.9 Å². The van der Waals surface area contributed by atoms with E-state index in [1.54, 1.807) is 18.5 Å². The fourth-order valence-electron chi connectivity index (χ4n) is 5.36. The van der Waals surface area contributed by atoms with Gasteiger partial charge in [-0.15, -0.1) is 0 Å². The van der Waals surface area contributed by atoms with E-state index in [0.717, 1.165) is 25.8 Å². The summed E-state index contributed by atoms with van der Waals surface area (Å²) in [6, 6.07) is 7.86. The summed E-state index contributed by atoms with van der Waals surface area (Å²) < 4.78 is 45.2. The molecule has 0 saturated heterocycles. The second-order valence-electron chi connectivity index (χ2n) is 12.2. The van der Waals surface area contributed by atoms with Crippen LogP contribution in [0.5, 0.6) is 6.01 Å². The Morgan fingerprint density at radius 2 is 1.17 bits per heavy atom. The fraction of sp³-hybridized carbons (Fsp3) is 0.750. The summed E-state index contributed by atoms with van der Waals surface area (Å²) in [7, 11) is -3.36. The molecule has 2 rings (SSSR count). The zero-order chi connectivity index (χ0) is 32.1. The van der Waals surface area contributed by atoms with Crippen LogP contribution in [0.3, 0.4) is 0 Å². The number of hydrogen-bond donors (Lipinski definition) is 0. The third-order valence-electron chi connectivity index (χ3n) is 7.93. The molecule has 0 aliphatic carbocycles. The molecule has 8 nitrogen and oxygen atoms in total. The summed E-state index contributed by atoms with van der Waals surface area (Å²) in [5.41, 5.74) is 0. The van der Waals surface area contributed by atoms with Crippen LogP contribution in [0.2, 0.25) is 0 Å². The molecule has 0 spiro atoms. The lowest BCUT2D eigenvalue weighted by Crippen LogP contribution is -3.00. The van der Waals surface area contributed by atoms with E-state index in [1.807, 2.05) is 30.6 Å². The van der Waals surface area contributed by atoms with Gasteiger partial charge in [-0.2, -0.15) is 0 Å². The predicted octanol–water partition coefficient (Wildman–Crippen LogP) is 4.71. The molecule has 0 bridgehead atoms. The van der Waals surface area contributed by atoms with Crippen molar-refractivity contribution < 1.29 is 39.6 Å². The van der Waals surface area contributed by atoms with Gasteiger partial charge in [0.2, 0.25) is 0 Å². The number of halogens is 1. The van der Waals surface area contributed by atoms with E-state index in [4.69, 9.17) is 14.2 Å². The summed E-state index contributed by atoms with van der Waals surface area (Å²) in [6.07, 6.45) is 29.1. The fourth-order valence-corrected chi connectivity index (χ4v) is 6.82. The lowest BCUT2D eigenvalue weighted by molar-refractivity contribution is -0.697. The molecule has 46 heavy (non-hydrogen) atoms. The lowest BCUT2D eigenvalue weighted by Gasteiger charge is -2.18. The molecule has 2 heterocycles. The van der Waals surface area contributed by atoms with Gasteiger partial charge in [0.1, 0.15) is 6.10 Å². The van der Waals surface area contributed by atoms with E-state index in [-0.39, 0.29) is 36.5 Å². The van der Waals surface area contributed by atoms with Gasteiger partial charge in [0.25, 0.3) is 0 Å². The van der Waals surface area contributed by atoms with Crippen LogP contribution >= 0.6 is 0 Å². The number of sulfone groups is 1. The van der Waals surface area contributed by atoms with Gasteiger partial charge in [-0.05, 0) is 18.9 Å². The molecule has 0 radical (unpaired) electrons. The highest BCUT2D eigenvalue weighted by Crippen LogP contribution is 2.14. The molecule has 0 aliphatic rings. The zero-order valence-electron chi connectivity index (χ0n) is 28.5. The van der Waals surface area contributed by atoms with Gasteiger partial charge in [0, 0.05) is 44.2 Å². The van der Waals surface area contributed by atoms with Gasteiger partial charge in [-0.3, -0.25) is 0 Å². The highest BCUT2D eigenvalue weighted by molar-refractivity contribution is 7.91. The predicted molar refractivity (Wildman–Crippen MR) is 182 cm³/mol. The van der Waals surface area contributed by atoms with Gasteiger partial charge in [0.15, 0.2) is 28.8 Å². The largest absolute Gasteiger partial charge is 1.00 e. The van der Waals surface area contributed by atoms with E-state index < -0.39 is 15.9 Å². The average Bonchev–Trinajstić information content (AvgIpc) is 3.04. The van der Waals surface area contributed by atoms with E-state index in [0.29, 0.717) is 26.2 Å². The minimum absolute atomic E-state index is 0. The number of aromatic nitrogens is 3. The number of rotatable bonds is 31. The van der Waals surface area contributed by atoms with Crippen LogP contribution in [0.1, 0.15) is 122 Å². The summed E-state index contributed by atoms with van der Waals surface area (Å²) in [4.78, 5) is 8.20. The van der Waals surface area contributed by atoms with Crippen molar-refractivity contribution in [3.05, 3.63) is 49.1 Å². The standard InChI is InChI=1S/C36H62N3O5S.ClH/c1-2-3-4-5-6-7-8-9-10-11-12-13-14-15-16-20-29-43-33-35(44-36-37-24-21-25-38-36)34-45(40,41)32-23-31-42-30-22-28-39-26-18-17-19-27-39;/h17-19,21,24-27,35H,2-16,20,22-23,28-34H2,1H3;1H/q+1;/p-1. The van der Waals surface area contributed by atoms with Gasteiger partial charge in [-0.25, -0.2) is 23.0 Å². The Balaban J connectivity index is 0.0000106. The minimum Gasteiger partial charge on any atom is -1.00 e. The van der Waals surface area contributed by atoms with Crippen molar-refractivity contribution in [3.63, 3.8) is 0 Å². The third kappa shape index (κ3) is 24.4. The molecule has 1 unspecified atom stereocenters. The van der Waals surface area contributed by atoms with Crippen LogP contribution in [0.15, 0.2) is 49.1 Å². The molecule has 0 aromatic carbocycles. The second-order valence-corrected chi connectivity index (χ2v) is 14.4. The Hall–Kier alpha value is -1.81. The molecule has 0 aliphatic heterocycles. The first kappa shape index (κ1) is 42.2. The maximum atomic E-state index is 12.9. The first-order chi connectivity index (χ1) is 22.1. The SMILES string of the molecule is CCCCCCCCCCCCCCCCCCOCC(CS(=O)(=O)CCCOCCC[n+]1ccccc1)Oc1ncccn1.[Cl-]. The van der Waals surface area contributed by atoms with E-state index in [9.17, 15) is 8.42 Å². The molecular formula is C36H62ClN3O5S. The van der Waals surface area contributed by atoms with Crippen molar-refractivity contribution >= 4 is 9.84 Å². The van der Waals surface area contributed by atoms with E-state index in [1.165, 1.54) is 89.9 Å². The van der Waals surface area contributed by atoms with Crippen molar-refractivity contribution in [1.29, 1.82) is 0 Å². The average molecular weight is 684 g/mol. The van der Waals surface area contributed by atoms with Crippen LogP contribution in [-0.4, -0.2) is 62.4 Å². The molecule has 10 heteroatoms. The topological polar surface area (TPSA) is 91.5 Å². The van der Waals surface area contributed by atoms with Gasteiger partial charge in [-0.1, -0.05) is 109 Å².